The monoisotopic (exact) mass is 470 g/mol. The number of aromatic nitrogens is 3. The summed E-state index contributed by atoms with van der Waals surface area (Å²) < 4.78 is 6.79. The number of pyridine rings is 1. The SMILES string of the molecule is COc1ccccc1Cn1cnc2cccc(NC(=O)c3cc(Cl)c(O)c(Cl)n3)c2c1=O. The molecule has 162 valence electrons. The van der Waals surface area contributed by atoms with Crippen molar-refractivity contribution in [1.82, 2.24) is 14.5 Å². The van der Waals surface area contributed by atoms with E-state index in [0.29, 0.717) is 11.3 Å². The molecule has 4 aromatic rings. The number of halogens is 2. The number of rotatable bonds is 5. The Hall–Kier alpha value is -3.62. The molecule has 0 aliphatic carbocycles. The molecule has 4 rings (SSSR count). The normalized spacial score (nSPS) is 10.8. The fourth-order valence-electron chi connectivity index (χ4n) is 3.21. The Labute approximate surface area is 192 Å². The van der Waals surface area contributed by atoms with Crippen molar-refractivity contribution in [2.45, 2.75) is 6.54 Å². The zero-order chi connectivity index (χ0) is 22.8. The predicted molar refractivity (Wildman–Crippen MR) is 122 cm³/mol. The van der Waals surface area contributed by atoms with E-state index in [1.807, 2.05) is 18.2 Å². The van der Waals surface area contributed by atoms with Crippen LogP contribution >= 0.6 is 23.2 Å². The molecular formula is C22H16Cl2N4O4. The molecule has 0 saturated carbocycles. The maximum absolute atomic E-state index is 13.3. The van der Waals surface area contributed by atoms with Crippen LogP contribution in [0.25, 0.3) is 10.9 Å². The highest BCUT2D eigenvalue weighted by atomic mass is 35.5. The zero-order valence-corrected chi connectivity index (χ0v) is 18.2. The molecule has 2 aromatic heterocycles. The first kappa shape index (κ1) is 21.6. The van der Waals surface area contributed by atoms with Crippen molar-refractivity contribution in [3.63, 3.8) is 0 Å². The molecule has 32 heavy (non-hydrogen) atoms. The largest absolute Gasteiger partial charge is 0.504 e. The molecule has 0 bridgehead atoms. The molecule has 10 heteroatoms. The molecule has 2 heterocycles. The number of carbonyl (C=O) groups excluding carboxylic acids is 1. The van der Waals surface area contributed by atoms with Crippen LogP contribution in [0.15, 0.2) is 59.7 Å². The highest BCUT2D eigenvalue weighted by Crippen LogP contribution is 2.30. The number of methoxy groups -OCH3 is 1. The van der Waals surface area contributed by atoms with E-state index in [1.165, 1.54) is 17.0 Å². The molecule has 0 atom stereocenters. The van der Waals surface area contributed by atoms with Gasteiger partial charge in [0.25, 0.3) is 11.5 Å². The van der Waals surface area contributed by atoms with Crippen molar-refractivity contribution in [3.05, 3.63) is 86.6 Å². The van der Waals surface area contributed by atoms with Crippen LogP contribution in [-0.4, -0.2) is 32.7 Å². The third kappa shape index (κ3) is 4.10. The van der Waals surface area contributed by atoms with Gasteiger partial charge in [-0.15, -0.1) is 0 Å². The van der Waals surface area contributed by atoms with E-state index in [1.54, 1.807) is 31.4 Å². The van der Waals surface area contributed by atoms with Gasteiger partial charge >= 0.3 is 0 Å². The van der Waals surface area contributed by atoms with Crippen molar-refractivity contribution < 1.29 is 14.6 Å². The maximum Gasteiger partial charge on any atom is 0.274 e. The molecule has 0 unspecified atom stereocenters. The second-order valence-corrected chi connectivity index (χ2v) is 7.54. The van der Waals surface area contributed by atoms with Crippen LogP contribution in [0.2, 0.25) is 10.2 Å². The molecule has 0 fully saturated rings. The van der Waals surface area contributed by atoms with E-state index in [0.717, 1.165) is 5.56 Å². The van der Waals surface area contributed by atoms with Gasteiger partial charge in [-0.1, -0.05) is 47.5 Å². The first-order valence-electron chi connectivity index (χ1n) is 9.35. The third-order valence-corrected chi connectivity index (χ3v) is 5.32. The van der Waals surface area contributed by atoms with Crippen molar-refractivity contribution in [1.29, 1.82) is 0 Å². The summed E-state index contributed by atoms with van der Waals surface area (Å²) >= 11 is 11.7. The number of carbonyl (C=O) groups is 1. The Bertz CT molecular complexity index is 1380. The number of hydrogen-bond donors (Lipinski definition) is 2. The van der Waals surface area contributed by atoms with E-state index in [2.05, 4.69) is 15.3 Å². The summed E-state index contributed by atoms with van der Waals surface area (Å²) in [4.78, 5) is 34.2. The van der Waals surface area contributed by atoms with Crippen LogP contribution in [0.3, 0.4) is 0 Å². The van der Waals surface area contributed by atoms with Gasteiger partial charge in [-0.05, 0) is 24.3 Å². The first-order valence-corrected chi connectivity index (χ1v) is 10.1. The van der Waals surface area contributed by atoms with Crippen LogP contribution in [0, 0.1) is 0 Å². The van der Waals surface area contributed by atoms with Crippen molar-refractivity contribution in [2.75, 3.05) is 12.4 Å². The number of amides is 1. The predicted octanol–water partition coefficient (Wildman–Crippen LogP) is 4.11. The van der Waals surface area contributed by atoms with E-state index in [9.17, 15) is 14.7 Å². The van der Waals surface area contributed by atoms with Crippen LogP contribution < -0.4 is 15.6 Å². The van der Waals surface area contributed by atoms with E-state index < -0.39 is 11.7 Å². The summed E-state index contributed by atoms with van der Waals surface area (Å²) in [5.74, 6) is -0.424. The van der Waals surface area contributed by atoms with Gasteiger partial charge in [0.15, 0.2) is 10.9 Å². The van der Waals surface area contributed by atoms with Crippen molar-refractivity contribution in [2.24, 2.45) is 0 Å². The lowest BCUT2D eigenvalue weighted by Gasteiger charge is -2.12. The Morgan fingerprint density at radius 2 is 1.97 bits per heavy atom. The number of nitrogens with one attached hydrogen (secondary N) is 1. The molecule has 2 aromatic carbocycles. The number of fused-ring (bicyclic) bond motifs is 1. The molecule has 8 nitrogen and oxygen atoms in total. The second kappa shape index (κ2) is 8.86. The van der Waals surface area contributed by atoms with Crippen molar-refractivity contribution >= 4 is 45.7 Å². The van der Waals surface area contributed by atoms with Gasteiger partial charge in [-0.2, -0.15) is 0 Å². The van der Waals surface area contributed by atoms with Crippen LogP contribution in [0.5, 0.6) is 11.5 Å². The summed E-state index contributed by atoms with van der Waals surface area (Å²) in [7, 11) is 1.56. The Kier molecular flexibility index (Phi) is 5.98. The van der Waals surface area contributed by atoms with Crippen LogP contribution in [-0.2, 0) is 6.54 Å². The molecule has 0 saturated heterocycles. The Morgan fingerprint density at radius 3 is 2.72 bits per heavy atom. The smallest absolute Gasteiger partial charge is 0.274 e. The second-order valence-electron chi connectivity index (χ2n) is 6.77. The number of ether oxygens (including phenoxy) is 1. The molecular weight excluding hydrogens is 455 g/mol. The molecule has 0 aliphatic rings. The van der Waals surface area contributed by atoms with E-state index in [-0.39, 0.29) is 39.0 Å². The maximum atomic E-state index is 13.3. The van der Waals surface area contributed by atoms with Gasteiger partial charge in [0, 0.05) is 5.56 Å². The highest BCUT2D eigenvalue weighted by Gasteiger charge is 2.17. The van der Waals surface area contributed by atoms with Gasteiger partial charge in [-0.3, -0.25) is 14.2 Å². The lowest BCUT2D eigenvalue weighted by molar-refractivity contribution is 0.102. The topological polar surface area (TPSA) is 106 Å². The van der Waals surface area contributed by atoms with Gasteiger partial charge in [0.1, 0.15) is 11.4 Å². The molecule has 0 radical (unpaired) electrons. The van der Waals surface area contributed by atoms with E-state index >= 15 is 0 Å². The number of benzene rings is 2. The number of hydrogen-bond acceptors (Lipinski definition) is 6. The summed E-state index contributed by atoms with van der Waals surface area (Å²) in [5.41, 5.74) is 1.01. The standard InChI is InChI=1S/C22H16Cl2N4O4/c1-32-17-8-3-2-5-12(17)10-28-11-25-14-6-4-7-15(18(14)22(28)31)27-21(30)16-9-13(23)19(29)20(24)26-16/h2-9,11,29H,10H2,1H3,(H,27,30). The summed E-state index contributed by atoms with van der Waals surface area (Å²) in [5, 5.41) is 12.1. The summed E-state index contributed by atoms with van der Waals surface area (Å²) in [6, 6.07) is 13.5. The lowest BCUT2D eigenvalue weighted by Crippen LogP contribution is -2.23. The third-order valence-electron chi connectivity index (χ3n) is 4.77. The molecule has 1 amide bonds. The van der Waals surface area contributed by atoms with Crippen LogP contribution in [0.4, 0.5) is 5.69 Å². The Balaban J connectivity index is 1.74. The quantitative estimate of drug-likeness (QED) is 0.425. The average Bonchev–Trinajstić information content (AvgIpc) is 2.79. The van der Waals surface area contributed by atoms with Gasteiger partial charge < -0.3 is 15.2 Å². The minimum absolute atomic E-state index is 0.117. The molecule has 0 spiro atoms. The molecule has 0 aliphatic heterocycles. The minimum atomic E-state index is -0.652. The highest BCUT2D eigenvalue weighted by molar-refractivity contribution is 6.36. The number of para-hydroxylation sites is 1. The fraction of sp³-hybridized carbons (Fsp3) is 0.0909. The van der Waals surface area contributed by atoms with Crippen molar-refractivity contribution in [3.8, 4) is 11.5 Å². The average molecular weight is 471 g/mol. The van der Waals surface area contributed by atoms with Gasteiger partial charge in [0.05, 0.1) is 41.6 Å². The minimum Gasteiger partial charge on any atom is -0.504 e. The summed E-state index contributed by atoms with van der Waals surface area (Å²) in [6.45, 7) is 0.235. The number of nitrogens with zero attached hydrogens (tertiary/aromatic N) is 3. The lowest BCUT2D eigenvalue weighted by atomic mass is 10.1. The zero-order valence-electron chi connectivity index (χ0n) is 16.7. The van der Waals surface area contributed by atoms with E-state index in [4.69, 9.17) is 27.9 Å². The first-order chi connectivity index (χ1) is 15.4. The Morgan fingerprint density at radius 1 is 1.19 bits per heavy atom. The van der Waals surface area contributed by atoms with Crippen LogP contribution in [0.1, 0.15) is 16.1 Å². The number of aromatic hydroxyl groups is 1. The van der Waals surface area contributed by atoms with Gasteiger partial charge in [-0.25, -0.2) is 9.97 Å². The van der Waals surface area contributed by atoms with Gasteiger partial charge in [0.2, 0.25) is 0 Å². The molecule has 2 N–H and O–H groups in total. The fourth-order valence-corrected chi connectivity index (χ4v) is 3.65. The number of anilines is 1. The summed E-state index contributed by atoms with van der Waals surface area (Å²) in [6.07, 6.45) is 1.45.